The minimum absolute atomic E-state index is 0.0650. The predicted octanol–water partition coefficient (Wildman–Crippen LogP) is 8.83. The molecule has 0 fully saturated rings. The van der Waals surface area contributed by atoms with Gasteiger partial charge in [0, 0.05) is 18.8 Å². The predicted molar refractivity (Wildman–Crippen MR) is 179 cm³/mol. The lowest BCUT2D eigenvalue weighted by atomic mass is 10.0. The third kappa shape index (κ3) is 30.1. The van der Waals surface area contributed by atoms with E-state index < -0.39 is 17.9 Å². The number of unbranched alkanes of at least 4 members (excludes halogenated alkanes) is 19. The highest BCUT2D eigenvalue weighted by Crippen LogP contribution is 2.20. The quantitative estimate of drug-likeness (QED) is 0.0414. The van der Waals surface area contributed by atoms with E-state index in [1.165, 1.54) is 109 Å². The van der Waals surface area contributed by atoms with E-state index in [1.54, 1.807) is 0 Å². The number of hydrogen-bond acceptors (Lipinski definition) is 4. The van der Waals surface area contributed by atoms with E-state index >= 15 is 0 Å². The van der Waals surface area contributed by atoms with Crippen LogP contribution in [0, 0.1) is 0 Å². The smallest absolute Gasteiger partial charge is 0.303 e. The lowest BCUT2D eigenvalue weighted by Crippen LogP contribution is -2.51. The van der Waals surface area contributed by atoms with E-state index in [1.807, 2.05) is 0 Å². The number of nitrogens with zero attached hydrogens (tertiary/aromatic N) is 1. The Labute approximate surface area is 270 Å². The van der Waals surface area contributed by atoms with Crippen molar-refractivity contribution in [3.8, 4) is 0 Å². The summed E-state index contributed by atoms with van der Waals surface area (Å²) in [4.78, 5) is 32.9. The molecule has 0 heterocycles. The van der Waals surface area contributed by atoms with Gasteiger partial charge in [-0.3, -0.25) is 9.59 Å². The Morgan fingerprint density at radius 1 is 0.477 bits per heavy atom. The van der Waals surface area contributed by atoms with E-state index in [4.69, 9.17) is 10.2 Å². The van der Waals surface area contributed by atoms with Crippen molar-refractivity contribution in [2.24, 2.45) is 0 Å². The molecule has 0 aliphatic rings. The summed E-state index contributed by atoms with van der Waals surface area (Å²) in [6, 6.07) is 0. The summed E-state index contributed by atoms with van der Waals surface area (Å²) >= 11 is 0. The molecule has 0 rings (SSSR count). The molecule has 0 saturated heterocycles. The van der Waals surface area contributed by atoms with Crippen LogP contribution in [-0.2, 0) is 14.4 Å². The highest BCUT2D eigenvalue weighted by Gasteiger charge is 2.26. The highest BCUT2D eigenvalue weighted by atomic mass is 16.4. The largest absolute Gasteiger partial charge is 0.550 e. The van der Waals surface area contributed by atoms with Crippen LogP contribution in [-0.4, -0.2) is 58.8 Å². The zero-order valence-electron chi connectivity index (χ0n) is 28.5. The van der Waals surface area contributed by atoms with Crippen LogP contribution in [0.25, 0.3) is 0 Å². The zero-order valence-corrected chi connectivity index (χ0v) is 28.5. The molecular formula is C37H69NO6. The molecule has 0 aliphatic heterocycles. The number of carboxylic acids is 3. The third-order valence-electron chi connectivity index (χ3n) is 8.93. The van der Waals surface area contributed by atoms with E-state index in [9.17, 15) is 19.5 Å². The Morgan fingerprint density at radius 2 is 0.795 bits per heavy atom. The van der Waals surface area contributed by atoms with Gasteiger partial charge in [-0.15, -0.1) is 0 Å². The maximum atomic E-state index is 11.0. The molecule has 44 heavy (non-hydrogen) atoms. The number of carbonyl (C=O) groups is 3. The fraction of sp³-hybridized carbons (Fsp3) is 0.865. The number of rotatable bonds is 35. The average Bonchev–Trinajstić information content (AvgIpc) is 2.98. The number of aliphatic carboxylic acids is 3. The number of hydrogen-bond donors (Lipinski definition) is 2. The second-order valence-electron chi connectivity index (χ2n) is 13.1. The minimum Gasteiger partial charge on any atom is -0.550 e. The van der Waals surface area contributed by atoms with Crippen LogP contribution < -0.4 is 5.11 Å². The Balaban J connectivity index is 4.22. The fourth-order valence-corrected chi connectivity index (χ4v) is 6.24. The molecule has 0 amide bonds. The first kappa shape index (κ1) is 42.1. The zero-order chi connectivity index (χ0) is 32.6. The maximum Gasteiger partial charge on any atom is 0.303 e. The molecule has 258 valence electrons. The van der Waals surface area contributed by atoms with Gasteiger partial charge in [-0.25, -0.2) is 0 Å². The highest BCUT2D eigenvalue weighted by molar-refractivity contribution is 5.66. The molecule has 0 aromatic rings. The average molecular weight is 624 g/mol. The summed E-state index contributed by atoms with van der Waals surface area (Å²) in [7, 11) is 0. The van der Waals surface area contributed by atoms with Gasteiger partial charge in [0.15, 0.2) is 0 Å². The standard InChI is InChI=1S/C37H69NO6/c1-2-3-4-5-6-7-8-9-10-11-12-13-14-15-16-17-18-19-20-24-31-38(32-25-21-28-35(39)40,33-26-22-29-36(41)42)34-27-23-30-37(43)44/h4-5H,2-3,6-34H2,1H3,(H2-,39,40,41,42,43,44)/b5-4+. The Hall–Kier alpha value is -1.89. The topological polar surface area (TPSA) is 115 Å². The van der Waals surface area contributed by atoms with Crippen molar-refractivity contribution < 1.29 is 34.2 Å². The van der Waals surface area contributed by atoms with Gasteiger partial charge in [0.2, 0.25) is 0 Å². The lowest BCUT2D eigenvalue weighted by Gasteiger charge is -2.39. The van der Waals surface area contributed by atoms with Gasteiger partial charge in [0.1, 0.15) is 0 Å². The first-order valence-electron chi connectivity index (χ1n) is 18.4. The summed E-state index contributed by atoms with van der Waals surface area (Å²) in [5, 5.41) is 29.0. The first-order chi connectivity index (χ1) is 21.3. The molecule has 0 unspecified atom stereocenters. The summed E-state index contributed by atoms with van der Waals surface area (Å²) in [6.45, 7) is 5.85. The molecule has 0 spiro atoms. The Kier molecular flexibility index (Phi) is 29.8. The van der Waals surface area contributed by atoms with Crippen LogP contribution in [0.5, 0.6) is 0 Å². The van der Waals surface area contributed by atoms with Gasteiger partial charge in [0.05, 0.1) is 26.2 Å². The van der Waals surface area contributed by atoms with Gasteiger partial charge in [-0.05, 0) is 77.0 Å². The van der Waals surface area contributed by atoms with Gasteiger partial charge in [-0.1, -0.05) is 103 Å². The molecule has 0 aromatic carbocycles. The molecule has 0 radical (unpaired) electrons. The third-order valence-corrected chi connectivity index (χ3v) is 8.93. The van der Waals surface area contributed by atoms with E-state index in [-0.39, 0.29) is 19.3 Å². The molecule has 0 bridgehead atoms. The molecule has 0 aromatic heterocycles. The van der Waals surface area contributed by atoms with Crippen LogP contribution in [0.4, 0.5) is 0 Å². The molecule has 7 nitrogen and oxygen atoms in total. The number of carbonyl (C=O) groups excluding carboxylic acids is 1. The van der Waals surface area contributed by atoms with Crippen LogP contribution in [0.2, 0.25) is 0 Å². The summed E-state index contributed by atoms with van der Waals surface area (Å²) in [5.41, 5.74) is 0. The normalized spacial score (nSPS) is 11.8. The summed E-state index contributed by atoms with van der Waals surface area (Å²) in [5.74, 6) is -2.56. The molecule has 0 atom stereocenters. The Bertz CT molecular complexity index is 668. The van der Waals surface area contributed by atoms with Gasteiger partial charge < -0.3 is 24.6 Å². The summed E-state index contributed by atoms with van der Waals surface area (Å²) in [6.07, 6.45) is 32.9. The first-order valence-corrected chi connectivity index (χ1v) is 18.4. The maximum absolute atomic E-state index is 11.0. The van der Waals surface area contributed by atoms with Gasteiger partial charge in [0.25, 0.3) is 0 Å². The van der Waals surface area contributed by atoms with Crippen molar-refractivity contribution in [3.63, 3.8) is 0 Å². The van der Waals surface area contributed by atoms with E-state index in [0.717, 1.165) is 56.3 Å². The molecular weight excluding hydrogens is 554 g/mol. The SMILES string of the molecule is CCC/C=C/CCCCCCCCCCCCCCCCC[N+](CCCCC(=O)[O-])(CCCCC(=O)O)CCCCC(=O)O. The van der Waals surface area contributed by atoms with Crippen molar-refractivity contribution in [1.29, 1.82) is 0 Å². The van der Waals surface area contributed by atoms with E-state index in [2.05, 4.69) is 19.1 Å². The van der Waals surface area contributed by atoms with E-state index in [0.29, 0.717) is 19.3 Å². The molecule has 2 N–H and O–H groups in total. The number of allylic oxidation sites excluding steroid dienone is 2. The minimum atomic E-state index is -1.02. The molecule has 0 saturated carbocycles. The van der Waals surface area contributed by atoms with Crippen molar-refractivity contribution in [1.82, 2.24) is 0 Å². The van der Waals surface area contributed by atoms with Crippen molar-refractivity contribution in [2.75, 3.05) is 26.2 Å². The fourth-order valence-electron chi connectivity index (χ4n) is 6.24. The van der Waals surface area contributed by atoms with Crippen molar-refractivity contribution in [2.45, 2.75) is 180 Å². The lowest BCUT2D eigenvalue weighted by molar-refractivity contribution is -0.929. The molecule has 7 heteroatoms. The number of carboxylic acid groups (broad SMARTS) is 3. The van der Waals surface area contributed by atoms with Crippen molar-refractivity contribution >= 4 is 17.9 Å². The van der Waals surface area contributed by atoms with Crippen molar-refractivity contribution in [3.05, 3.63) is 12.2 Å². The van der Waals surface area contributed by atoms with Crippen LogP contribution in [0.15, 0.2) is 12.2 Å². The molecule has 0 aliphatic carbocycles. The monoisotopic (exact) mass is 624 g/mol. The second-order valence-corrected chi connectivity index (χ2v) is 13.1. The van der Waals surface area contributed by atoms with Gasteiger partial charge in [-0.2, -0.15) is 0 Å². The van der Waals surface area contributed by atoms with Crippen LogP contribution in [0.1, 0.15) is 180 Å². The number of quaternary nitrogens is 1. The van der Waals surface area contributed by atoms with Crippen LogP contribution in [0.3, 0.4) is 0 Å². The second kappa shape index (κ2) is 31.1. The Morgan fingerprint density at radius 3 is 1.16 bits per heavy atom. The van der Waals surface area contributed by atoms with Crippen LogP contribution >= 0.6 is 0 Å². The summed E-state index contributed by atoms with van der Waals surface area (Å²) < 4.78 is 0.850. The van der Waals surface area contributed by atoms with Gasteiger partial charge >= 0.3 is 11.9 Å².